The van der Waals surface area contributed by atoms with Crippen LogP contribution in [-0.4, -0.2) is 12.2 Å². The molecule has 2 aliphatic rings. The van der Waals surface area contributed by atoms with Gasteiger partial charge in [-0.2, -0.15) is 0 Å². The summed E-state index contributed by atoms with van der Waals surface area (Å²) in [5, 5.41) is 0. The van der Waals surface area contributed by atoms with E-state index in [1.54, 1.807) is 0 Å². The number of ether oxygens (including phenoxy) is 1. The normalized spacial score (nSPS) is 55.3. The molecular weight excluding hydrogens is 112 g/mol. The Balaban J connectivity index is 1.69. The van der Waals surface area contributed by atoms with Crippen LogP contribution in [0.3, 0.4) is 0 Å². The summed E-state index contributed by atoms with van der Waals surface area (Å²) in [5.74, 6) is 1.72. The topological polar surface area (TPSA) is 9.23 Å². The summed E-state index contributed by atoms with van der Waals surface area (Å²) in [6, 6.07) is 0. The highest BCUT2D eigenvalue weighted by Crippen LogP contribution is 2.41. The van der Waals surface area contributed by atoms with Crippen LogP contribution in [0.1, 0.15) is 26.7 Å². The molecule has 0 amide bonds. The van der Waals surface area contributed by atoms with Crippen molar-refractivity contribution in [3.05, 3.63) is 0 Å². The van der Waals surface area contributed by atoms with Crippen LogP contribution in [0.25, 0.3) is 0 Å². The smallest absolute Gasteiger partial charge is 0.0609 e. The Bertz CT molecular complexity index is 108. The van der Waals surface area contributed by atoms with Crippen molar-refractivity contribution in [2.24, 2.45) is 11.8 Å². The van der Waals surface area contributed by atoms with E-state index in [2.05, 4.69) is 13.8 Å². The summed E-state index contributed by atoms with van der Waals surface area (Å²) in [5.41, 5.74) is 0. The second kappa shape index (κ2) is 1.72. The maximum Gasteiger partial charge on any atom is 0.0609 e. The van der Waals surface area contributed by atoms with Crippen LogP contribution in [0.4, 0.5) is 0 Å². The first-order chi connectivity index (χ1) is 4.27. The van der Waals surface area contributed by atoms with E-state index in [1.165, 1.54) is 12.8 Å². The van der Waals surface area contributed by atoms with Gasteiger partial charge in [0, 0.05) is 0 Å². The summed E-state index contributed by atoms with van der Waals surface area (Å²) in [6.07, 6.45) is 3.90. The quantitative estimate of drug-likeness (QED) is 0.548. The summed E-state index contributed by atoms with van der Waals surface area (Å²) < 4.78 is 5.70. The molecule has 2 fully saturated rings. The molecule has 2 rings (SSSR count). The van der Waals surface area contributed by atoms with E-state index in [4.69, 9.17) is 4.74 Å². The average Bonchev–Trinajstić information content (AvgIpc) is 2.59. The zero-order chi connectivity index (χ0) is 6.43. The minimum absolute atomic E-state index is 0.639. The second-order valence-electron chi connectivity index (χ2n) is 3.64. The average molecular weight is 126 g/mol. The molecule has 0 bridgehead atoms. The van der Waals surface area contributed by atoms with E-state index in [0.29, 0.717) is 12.2 Å². The molecule has 0 aromatic heterocycles. The van der Waals surface area contributed by atoms with Gasteiger partial charge in [-0.1, -0.05) is 13.8 Å². The summed E-state index contributed by atoms with van der Waals surface area (Å²) in [6.45, 7) is 4.52. The van der Waals surface area contributed by atoms with Crippen molar-refractivity contribution in [3.63, 3.8) is 0 Å². The van der Waals surface area contributed by atoms with E-state index >= 15 is 0 Å². The van der Waals surface area contributed by atoms with Gasteiger partial charge in [-0.05, 0) is 24.7 Å². The molecule has 1 heteroatoms. The lowest BCUT2D eigenvalue weighted by molar-refractivity contribution is 0.0877. The first kappa shape index (κ1) is 5.72. The Morgan fingerprint density at radius 3 is 1.56 bits per heavy atom. The van der Waals surface area contributed by atoms with Crippen LogP contribution in [0, 0.1) is 11.8 Å². The lowest BCUT2D eigenvalue weighted by Crippen LogP contribution is -1.99. The number of hydrogen-bond acceptors (Lipinski definition) is 1. The molecule has 4 atom stereocenters. The van der Waals surface area contributed by atoms with Gasteiger partial charge in [0.25, 0.3) is 0 Å². The van der Waals surface area contributed by atoms with Crippen LogP contribution in [0.15, 0.2) is 0 Å². The Morgan fingerprint density at radius 2 is 1.33 bits per heavy atom. The summed E-state index contributed by atoms with van der Waals surface area (Å²) in [7, 11) is 0. The molecule has 0 spiro atoms. The van der Waals surface area contributed by atoms with Crippen LogP contribution in [0.5, 0.6) is 0 Å². The van der Waals surface area contributed by atoms with E-state index in [1.807, 2.05) is 0 Å². The van der Waals surface area contributed by atoms with E-state index < -0.39 is 0 Å². The SMILES string of the molecule is CC1CC1OC1CC1C. The third-order valence-corrected chi connectivity index (χ3v) is 2.42. The maximum atomic E-state index is 5.70. The van der Waals surface area contributed by atoms with Gasteiger partial charge in [0.2, 0.25) is 0 Å². The lowest BCUT2D eigenvalue weighted by Gasteiger charge is -1.97. The first-order valence-electron chi connectivity index (χ1n) is 3.93. The molecule has 0 aliphatic heterocycles. The van der Waals surface area contributed by atoms with Gasteiger partial charge in [0.05, 0.1) is 12.2 Å². The van der Waals surface area contributed by atoms with Gasteiger partial charge in [-0.3, -0.25) is 0 Å². The Hall–Kier alpha value is -0.0400. The van der Waals surface area contributed by atoms with Crippen molar-refractivity contribution in [3.8, 4) is 0 Å². The van der Waals surface area contributed by atoms with Gasteiger partial charge >= 0.3 is 0 Å². The Labute approximate surface area is 56.4 Å². The summed E-state index contributed by atoms with van der Waals surface area (Å²) in [4.78, 5) is 0. The van der Waals surface area contributed by atoms with E-state index in [0.717, 1.165) is 11.8 Å². The molecular formula is C8H14O. The molecule has 0 radical (unpaired) electrons. The molecule has 0 heterocycles. The first-order valence-corrected chi connectivity index (χ1v) is 3.93. The molecule has 2 aliphatic carbocycles. The fourth-order valence-corrected chi connectivity index (χ4v) is 1.18. The molecule has 2 saturated carbocycles. The Morgan fingerprint density at radius 1 is 1.00 bits per heavy atom. The summed E-state index contributed by atoms with van der Waals surface area (Å²) >= 11 is 0. The van der Waals surface area contributed by atoms with Crippen molar-refractivity contribution in [1.29, 1.82) is 0 Å². The maximum absolute atomic E-state index is 5.70. The standard InChI is InChI=1S/C8H14O/c1-5-3-7(5)9-8-4-6(8)2/h5-8H,3-4H2,1-2H3. The molecule has 0 aromatic carbocycles. The lowest BCUT2D eigenvalue weighted by atomic mass is 10.5. The van der Waals surface area contributed by atoms with Crippen LogP contribution in [0.2, 0.25) is 0 Å². The van der Waals surface area contributed by atoms with Crippen molar-refractivity contribution < 1.29 is 4.74 Å². The van der Waals surface area contributed by atoms with E-state index in [-0.39, 0.29) is 0 Å². The van der Waals surface area contributed by atoms with Crippen molar-refractivity contribution in [1.82, 2.24) is 0 Å². The minimum atomic E-state index is 0.639. The monoisotopic (exact) mass is 126 g/mol. The highest BCUT2D eigenvalue weighted by molar-refractivity contribution is 4.91. The molecule has 0 aromatic rings. The molecule has 1 nitrogen and oxygen atoms in total. The van der Waals surface area contributed by atoms with E-state index in [9.17, 15) is 0 Å². The minimum Gasteiger partial charge on any atom is -0.374 e. The predicted molar refractivity (Wildman–Crippen MR) is 36.2 cm³/mol. The molecule has 4 unspecified atom stereocenters. The fourth-order valence-electron chi connectivity index (χ4n) is 1.18. The van der Waals surface area contributed by atoms with Crippen molar-refractivity contribution >= 4 is 0 Å². The third kappa shape index (κ3) is 1.11. The van der Waals surface area contributed by atoms with Crippen LogP contribution >= 0.6 is 0 Å². The zero-order valence-corrected chi connectivity index (χ0v) is 6.13. The number of hydrogen-bond donors (Lipinski definition) is 0. The van der Waals surface area contributed by atoms with Crippen LogP contribution in [-0.2, 0) is 4.74 Å². The van der Waals surface area contributed by atoms with Gasteiger partial charge in [0.15, 0.2) is 0 Å². The molecule has 0 saturated heterocycles. The predicted octanol–water partition coefficient (Wildman–Crippen LogP) is 1.82. The van der Waals surface area contributed by atoms with Gasteiger partial charge in [-0.25, -0.2) is 0 Å². The molecule has 52 valence electrons. The highest BCUT2D eigenvalue weighted by atomic mass is 16.5. The van der Waals surface area contributed by atoms with Crippen molar-refractivity contribution in [2.45, 2.75) is 38.9 Å². The highest BCUT2D eigenvalue weighted by Gasteiger charge is 2.42. The van der Waals surface area contributed by atoms with Crippen molar-refractivity contribution in [2.75, 3.05) is 0 Å². The molecule has 0 N–H and O–H groups in total. The second-order valence-corrected chi connectivity index (χ2v) is 3.64. The number of rotatable bonds is 2. The zero-order valence-electron chi connectivity index (χ0n) is 6.13. The van der Waals surface area contributed by atoms with Gasteiger partial charge in [-0.15, -0.1) is 0 Å². The Kier molecular flexibility index (Phi) is 1.10. The van der Waals surface area contributed by atoms with Crippen LogP contribution < -0.4 is 0 Å². The van der Waals surface area contributed by atoms with Gasteiger partial charge in [0.1, 0.15) is 0 Å². The molecule has 9 heavy (non-hydrogen) atoms. The van der Waals surface area contributed by atoms with Gasteiger partial charge < -0.3 is 4.74 Å². The third-order valence-electron chi connectivity index (χ3n) is 2.42. The largest absolute Gasteiger partial charge is 0.374 e. The fraction of sp³-hybridized carbons (Fsp3) is 1.00.